The van der Waals surface area contributed by atoms with Crippen LogP contribution in [0.4, 0.5) is 0 Å². The summed E-state index contributed by atoms with van der Waals surface area (Å²) in [6.45, 7) is 12.8. The Bertz CT molecular complexity index is 726. The minimum atomic E-state index is 0.168. The van der Waals surface area contributed by atoms with E-state index in [0.717, 1.165) is 11.2 Å². The molecule has 2 aromatic carbocycles. The minimum absolute atomic E-state index is 0.168. The molecule has 1 nitrogen and oxygen atoms in total. The summed E-state index contributed by atoms with van der Waals surface area (Å²) in [4.78, 5) is 0. The van der Waals surface area contributed by atoms with Gasteiger partial charge >= 0.3 is 0 Å². The molecule has 106 valence electrons. The van der Waals surface area contributed by atoms with Crippen molar-refractivity contribution in [2.75, 3.05) is 0 Å². The molecule has 0 bridgehead atoms. The Morgan fingerprint density at radius 1 is 0.800 bits per heavy atom. The Kier molecular flexibility index (Phi) is 3.89. The fourth-order valence-corrected chi connectivity index (χ4v) is 2.36. The van der Waals surface area contributed by atoms with Gasteiger partial charge < -0.3 is 4.42 Å². The molecule has 0 saturated carbocycles. The van der Waals surface area contributed by atoms with Gasteiger partial charge in [-0.3, -0.25) is 0 Å². The van der Waals surface area contributed by atoms with E-state index >= 15 is 0 Å². The molecule has 1 heteroatoms. The normalized spacial score (nSPS) is 11.5. The van der Waals surface area contributed by atoms with Crippen LogP contribution in [0.1, 0.15) is 45.7 Å². The highest BCUT2D eigenvalue weighted by atomic mass is 16.3. The van der Waals surface area contributed by atoms with Crippen molar-refractivity contribution in [2.24, 2.45) is 0 Å². The minimum Gasteiger partial charge on any atom is -0.456 e. The maximum absolute atomic E-state index is 5.88. The van der Waals surface area contributed by atoms with Gasteiger partial charge in [0.15, 0.2) is 0 Å². The van der Waals surface area contributed by atoms with Crippen molar-refractivity contribution in [3.63, 3.8) is 0 Å². The summed E-state index contributed by atoms with van der Waals surface area (Å²) < 4.78 is 5.88. The van der Waals surface area contributed by atoms with Gasteiger partial charge in [0, 0.05) is 10.8 Å². The number of benzene rings is 2. The lowest BCUT2D eigenvalue weighted by Crippen LogP contribution is -2.10. The molecule has 1 aromatic heterocycles. The first kappa shape index (κ1) is 14.6. The maximum Gasteiger partial charge on any atom is 0.135 e. The average molecular weight is 268 g/mol. The molecule has 3 rings (SSSR count). The van der Waals surface area contributed by atoms with E-state index < -0.39 is 0 Å². The lowest BCUT2D eigenvalue weighted by molar-refractivity contribution is 0.590. The van der Waals surface area contributed by atoms with Crippen molar-refractivity contribution in [3.8, 4) is 0 Å². The molecule has 0 atom stereocenters. The van der Waals surface area contributed by atoms with E-state index in [4.69, 9.17) is 4.42 Å². The fourth-order valence-electron chi connectivity index (χ4n) is 2.36. The third-order valence-corrected chi connectivity index (χ3v) is 3.49. The zero-order chi connectivity index (χ0) is 14.9. The highest BCUT2D eigenvalue weighted by molar-refractivity contribution is 6.05. The first-order valence-corrected chi connectivity index (χ1v) is 7.38. The van der Waals surface area contributed by atoms with Gasteiger partial charge in [-0.1, -0.05) is 52.3 Å². The molecule has 0 unspecified atom stereocenters. The quantitative estimate of drug-likeness (QED) is 0.472. The third kappa shape index (κ3) is 2.58. The van der Waals surface area contributed by atoms with Crippen LogP contribution >= 0.6 is 0 Å². The molecule has 0 aliphatic carbocycles. The monoisotopic (exact) mass is 268 g/mol. The van der Waals surface area contributed by atoms with Gasteiger partial charge in [-0.25, -0.2) is 0 Å². The van der Waals surface area contributed by atoms with Crippen LogP contribution in [0.2, 0.25) is 0 Å². The van der Waals surface area contributed by atoms with Gasteiger partial charge in [0.2, 0.25) is 0 Å². The van der Waals surface area contributed by atoms with Gasteiger partial charge in [0.05, 0.1) is 0 Å². The maximum atomic E-state index is 5.88. The van der Waals surface area contributed by atoms with Gasteiger partial charge in [0.25, 0.3) is 0 Å². The van der Waals surface area contributed by atoms with Crippen molar-refractivity contribution in [2.45, 2.75) is 47.0 Å². The second kappa shape index (κ2) is 5.32. The number of hydrogen-bond acceptors (Lipinski definition) is 1. The van der Waals surface area contributed by atoms with Crippen LogP contribution in [-0.4, -0.2) is 0 Å². The summed E-state index contributed by atoms with van der Waals surface area (Å²) in [5.74, 6) is 0. The molecule has 0 aliphatic rings. The molecule has 20 heavy (non-hydrogen) atoms. The second-order valence-electron chi connectivity index (χ2n) is 6.06. The van der Waals surface area contributed by atoms with Crippen LogP contribution < -0.4 is 0 Å². The fraction of sp³-hybridized carbons (Fsp3) is 0.368. The van der Waals surface area contributed by atoms with Gasteiger partial charge in [-0.2, -0.15) is 0 Å². The lowest BCUT2D eigenvalue weighted by Gasteiger charge is -2.18. The van der Waals surface area contributed by atoms with E-state index in [9.17, 15) is 0 Å². The molecule has 0 aliphatic heterocycles. The molecule has 0 radical (unpaired) electrons. The smallest absolute Gasteiger partial charge is 0.135 e. The highest BCUT2D eigenvalue weighted by Crippen LogP contribution is 2.33. The number of aryl methyl sites for hydroxylation is 1. The molecule has 0 spiro atoms. The first-order chi connectivity index (χ1) is 9.45. The van der Waals surface area contributed by atoms with E-state index in [1.54, 1.807) is 0 Å². The van der Waals surface area contributed by atoms with E-state index in [2.05, 4.69) is 64.1 Å². The Hall–Kier alpha value is -1.76. The number of rotatable bonds is 0. The molecular weight excluding hydrogens is 244 g/mol. The Labute approximate surface area is 121 Å². The molecular formula is C19H24O. The molecule has 0 fully saturated rings. The number of hydrogen-bond donors (Lipinski definition) is 0. The van der Waals surface area contributed by atoms with Crippen molar-refractivity contribution < 1.29 is 4.42 Å². The highest BCUT2D eigenvalue weighted by Gasteiger charge is 2.16. The lowest BCUT2D eigenvalue weighted by atomic mass is 9.86. The topological polar surface area (TPSA) is 13.1 Å². The number of fused-ring (bicyclic) bond motifs is 3. The first-order valence-electron chi connectivity index (χ1n) is 7.38. The third-order valence-electron chi connectivity index (χ3n) is 3.49. The average Bonchev–Trinajstić information content (AvgIpc) is 2.77. The van der Waals surface area contributed by atoms with Crippen LogP contribution in [-0.2, 0) is 5.41 Å². The zero-order valence-corrected chi connectivity index (χ0v) is 13.4. The van der Waals surface area contributed by atoms with Crippen molar-refractivity contribution in [1.29, 1.82) is 0 Å². The summed E-state index contributed by atoms with van der Waals surface area (Å²) in [6.07, 6.45) is 0. The van der Waals surface area contributed by atoms with E-state index in [1.807, 2.05) is 13.8 Å². The summed E-state index contributed by atoms with van der Waals surface area (Å²) in [7, 11) is 0. The van der Waals surface area contributed by atoms with Crippen molar-refractivity contribution >= 4 is 21.9 Å². The largest absolute Gasteiger partial charge is 0.456 e. The Morgan fingerprint density at radius 3 is 1.95 bits per heavy atom. The second-order valence-corrected chi connectivity index (χ2v) is 6.06. The molecule has 3 aromatic rings. The predicted octanol–water partition coefficient (Wildman–Crippen LogP) is 6.22. The van der Waals surface area contributed by atoms with E-state index in [-0.39, 0.29) is 5.41 Å². The summed E-state index contributed by atoms with van der Waals surface area (Å²) in [5.41, 5.74) is 4.73. The van der Waals surface area contributed by atoms with Gasteiger partial charge in [-0.05, 0) is 42.2 Å². The van der Waals surface area contributed by atoms with Crippen molar-refractivity contribution in [3.05, 3.63) is 47.5 Å². The molecule has 1 heterocycles. The van der Waals surface area contributed by atoms with Crippen LogP contribution in [0.25, 0.3) is 21.9 Å². The predicted molar refractivity (Wildman–Crippen MR) is 88.5 cm³/mol. The summed E-state index contributed by atoms with van der Waals surface area (Å²) >= 11 is 0. The standard InChI is InChI=1S/C17H18O.C2H6/c1-11-5-7-15-13(9-11)14-10-12(17(2,3)4)6-8-16(14)18-15;1-2/h5-10H,1-4H3;1-2H3. The van der Waals surface area contributed by atoms with Gasteiger partial charge in [0.1, 0.15) is 11.2 Å². The van der Waals surface area contributed by atoms with Crippen LogP contribution in [0.15, 0.2) is 40.8 Å². The van der Waals surface area contributed by atoms with Crippen LogP contribution in [0.5, 0.6) is 0 Å². The number of furan rings is 1. The molecule has 0 amide bonds. The summed E-state index contributed by atoms with van der Waals surface area (Å²) in [5, 5.41) is 2.44. The molecule has 0 saturated heterocycles. The van der Waals surface area contributed by atoms with E-state index in [0.29, 0.717) is 0 Å². The van der Waals surface area contributed by atoms with E-state index in [1.165, 1.54) is 21.9 Å². The Morgan fingerprint density at radius 2 is 1.35 bits per heavy atom. The van der Waals surface area contributed by atoms with Crippen molar-refractivity contribution in [1.82, 2.24) is 0 Å². The SMILES string of the molecule is CC.Cc1ccc2oc3ccc(C(C)(C)C)cc3c2c1. The zero-order valence-electron chi connectivity index (χ0n) is 13.4. The Balaban J connectivity index is 0.000000704. The van der Waals surface area contributed by atoms with Crippen LogP contribution in [0, 0.1) is 6.92 Å². The van der Waals surface area contributed by atoms with Crippen LogP contribution in [0.3, 0.4) is 0 Å². The molecule has 0 N–H and O–H groups in total. The summed E-state index contributed by atoms with van der Waals surface area (Å²) in [6, 6.07) is 12.9. The van der Waals surface area contributed by atoms with Gasteiger partial charge in [-0.15, -0.1) is 0 Å².